The van der Waals surface area contributed by atoms with E-state index in [-0.39, 0.29) is 67.5 Å². The van der Waals surface area contributed by atoms with Gasteiger partial charge in [0.1, 0.15) is 30.0 Å². The van der Waals surface area contributed by atoms with Gasteiger partial charge in [-0.3, -0.25) is 33.6 Å². The first-order valence-electron chi connectivity index (χ1n) is 25.7. The SMILES string of the molecule is CC(=O)O[C@H]1C(=O)[C@@]2(C)[C@H]([C@H](OC(=O)c3ccccc3)[C@]3(O)C[C@H](OC(=O)[C@H](OC(=O)CCCCCNC(=O)CCC(=O)O)[C@@H](NC(=O)c4ccccc4)c4ccccc4)C(C)=C1C3(C)C)[C@]1(OC(C)=O)CO[C@@H]1C[C@@H]2O. The van der Waals surface area contributed by atoms with Crippen LogP contribution in [-0.2, 0) is 62.0 Å². The van der Waals surface area contributed by atoms with Gasteiger partial charge in [0.25, 0.3) is 5.91 Å². The van der Waals surface area contributed by atoms with Gasteiger partial charge in [-0.25, -0.2) is 9.59 Å². The van der Waals surface area contributed by atoms with Crippen molar-refractivity contribution in [3.05, 3.63) is 119 Å². The zero-order valence-corrected chi connectivity index (χ0v) is 43.8. The Morgan fingerprint density at radius 2 is 1.40 bits per heavy atom. The molecule has 0 spiro atoms. The standard InChI is InChI=1S/C57H66N2O18/c1-32-38(74-53(70)47(75-43(66)25-17-10-18-28-58-41(63)26-27-42(64)65)45(35-19-11-7-12-20-35)59-51(68)36-21-13-8-14-22-36)30-57(71)50(76-52(69)37-23-15-9-16-24-37)48-55(6,39(62)29-40-56(48,31-72-40)77-34(3)61)49(67)46(73-33(2)60)44(32)54(57,4)5/h7-9,11-16,19-24,38-40,45-48,50,62,71H,10,17-18,25-31H2,1-6H3,(H,58,63)(H,59,68)(H,64,65)/t38-,39-,40+,45-,46+,47+,48-,50-,55+,56-,57+/m0/s1. The summed E-state index contributed by atoms with van der Waals surface area (Å²) in [6.45, 7) is 7.99. The average molecular weight is 1070 g/mol. The number of esters is 5. The van der Waals surface area contributed by atoms with Gasteiger partial charge in [-0.1, -0.05) is 87.0 Å². The second-order valence-electron chi connectivity index (χ2n) is 20.9. The number of carbonyl (C=O) groups is 9. The molecule has 11 atom stereocenters. The molecule has 1 aliphatic heterocycles. The molecule has 412 valence electrons. The number of ketones is 1. The molecule has 3 aliphatic carbocycles. The van der Waals surface area contributed by atoms with Crippen LogP contribution >= 0.6 is 0 Å². The lowest BCUT2D eigenvalue weighted by atomic mass is 9.44. The van der Waals surface area contributed by atoms with Gasteiger partial charge in [0.2, 0.25) is 12.0 Å². The minimum atomic E-state index is -2.49. The average Bonchev–Trinajstić information content (AvgIpc) is 3.59. The summed E-state index contributed by atoms with van der Waals surface area (Å²) in [6.07, 6.45) is -10.7. The van der Waals surface area contributed by atoms with Crippen LogP contribution in [0.5, 0.6) is 0 Å². The molecule has 5 N–H and O–H groups in total. The maximum absolute atomic E-state index is 15.8. The van der Waals surface area contributed by atoms with Gasteiger partial charge in [-0.2, -0.15) is 0 Å². The summed E-state index contributed by atoms with van der Waals surface area (Å²) in [6, 6.07) is 22.5. The third-order valence-corrected chi connectivity index (χ3v) is 15.7. The van der Waals surface area contributed by atoms with E-state index in [1.165, 1.54) is 52.0 Å². The number of ether oxygens (including phenoxy) is 6. The van der Waals surface area contributed by atoms with Gasteiger partial charge in [0.05, 0.1) is 36.0 Å². The highest BCUT2D eigenvalue weighted by Gasteiger charge is 2.78. The van der Waals surface area contributed by atoms with Crippen molar-refractivity contribution in [2.75, 3.05) is 13.2 Å². The van der Waals surface area contributed by atoms with Crippen LogP contribution in [0.2, 0.25) is 0 Å². The zero-order valence-electron chi connectivity index (χ0n) is 43.8. The Labute approximate surface area is 445 Å². The van der Waals surface area contributed by atoms with Crippen LogP contribution < -0.4 is 10.6 Å². The fourth-order valence-electron chi connectivity index (χ4n) is 11.6. The number of benzene rings is 3. The van der Waals surface area contributed by atoms with Crippen molar-refractivity contribution in [2.45, 2.75) is 147 Å². The van der Waals surface area contributed by atoms with Crippen LogP contribution in [0.4, 0.5) is 0 Å². The number of carboxylic acids is 1. The van der Waals surface area contributed by atoms with Gasteiger partial charge >= 0.3 is 35.8 Å². The van der Waals surface area contributed by atoms with E-state index in [9.17, 15) is 43.8 Å². The Morgan fingerprint density at radius 1 is 0.779 bits per heavy atom. The first kappa shape index (κ1) is 57.4. The number of carbonyl (C=O) groups excluding carboxylic acids is 8. The molecule has 3 aromatic rings. The summed E-state index contributed by atoms with van der Waals surface area (Å²) in [4.78, 5) is 123. The van der Waals surface area contributed by atoms with Gasteiger partial charge in [-0.15, -0.1) is 0 Å². The molecule has 4 aliphatic rings. The maximum atomic E-state index is 15.8. The number of hydrogen-bond donors (Lipinski definition) is 5. The number of amides is 2. The quantitative estimate of drug-likeness (QED) is 0.0438. The number of carboxylic acid groups (broad SMARTS) is 1. The minimum Gasteiger partial charge on any atom is -0.481 e. The summed E-state index contributed by atoms with van der Waals surface area (Å²) in [5, 5.41) is 40.6. The number of fused-ring (bicyclic) bond motifs is 5. The number of rotatable bonds is 20. The topological polar surface area (TPSA) is 294 Å². The molecule has 3 aromatic carbocycles. The molecule has 20 nitrogen and oxygen atoms in total. The van der Waals surface area contributed by atoms with E-state index in [1.54, 1.807) is 66.7 Å². The number of unbranched alkanes of at least 4 members (excludes halogenated alkanes) is 2. The van der Waals surface area contributed by atoms with Crippen molar-refractivity contribution >= 4 is 53.4 Å². The van der Waals surface area contributed by atoms with Crippen LogP contribution in [0.15, 0.2) is 102 Å². The third kappa shape index (κ3) is 11.7. The van der Waals surface area contributed by atoms with E-state index < -0.39 is 130 Å². The summed E-state index contributed by atoms with van der Waals surface area (Å²) in [5.41, 5.74) is -7.62. The molecule has 0 aromatic heterocycles. The number of Topliss-reactive ketones (excluding diaryl/α,β-unsaturated/α-hetero) is 1. The smallest absolute Gasteiger partial charge is 0.350 e. The number of aliphatic carboxylic acids is 1. The highest BCUT2D eigenvalue weighted by atomic mass is 16.6. The van der Waals surface area contributed by atoms with Crippen molar-refractivity contribution in [3.63, 3.8) is 0 Å². The predicted molar refractivity (Wildman–Crippen MR) is 270 cm³/mol. The Bertz CT molecular complexity index is 2770. The Morgan fingerprint density at radius 3 is 1.99 bits per heavy atom. The Hall–Kier alpha value is -7.29. The van der Waals surface area contributed by atoms with Crippen molar-refractivity contribution in [3.8, 4) is 0 Å². The van der Waals surface area contributed by atoms with Gasteiger partial charge in [0, 0.05) is 57.1 Å². The first-order chi connectivity index (χ1) is 36.5. The summed E-state index contributed by atoms with van der Waals surface area (Å²) >= 11 is 0. The fraction of sp³-hybridized carbons (Fsp3) is 0.491. The van der Waals surface area contributed by atoms with Crippen molar-refractivity contribution in [1.82, 2.24) is 10.6 Å². The predicted octanol–water partition coefficient (Wildman–Crippen LogP) is 4.83. The van der Waals surface area contributed by atoms with Gasteiger partial charge in [0.15, 0.2) is 17.5 Å². The normalized spacial score (nSPS) is 27.7. The monoisotopic (exact) mass is 1070 g/mol. The number of hydrogen-bond acceptors (Lipinski definition) is 17. The highest BCUT2D eigenvalue weighted by Crippen LogP contribution is 2.64. The molecule has 0 radical (unpaired) electrons. The third-order valence-electron chi connectivity index (χ3n) is 15.7. The Balaban J connectivity index is 1.33. The van der Waals surface area contributed by atoms with Crippen molar-refractivity contribution in [2.24, 2.45) is 16.7 Å². The molecule has 20 heteroatoms. The molecule has 1 heterocycles. The molecule has 2 saturated carbocycles. The molecular weight excluding hydrogens is 1000 g/mol. The number of aliphatic hydroxyl groups is 2. The van der Waals surface area contributed by atoms with Crippen molar-refractivity contribution < 1.29 is 86.9 Å². The molecule has 7 rings (SSSR count). The molecular formula is C57H66N2O18. The lowest BCUT2D eigenvalue weighted by Gasteiger charge is -2.67. The molecule has 77 heavy (non-hydrogen) atoms. The van der Waals surface area contributed by atoms with E-state index in [0.717, 1.165) is 13.8 Å². The first-order valence-corrected chi connectivity index (χ1v) is 25.7. The second kappa shape index (κ2) is 23.5. The van der Waals surface area contributed by atoms with Gasteiger partial charge < -0.3 is 54.4 Å². The van der Waals surface area contributed by atoms with Crippen molar-refractivity contribution in [1.29, 1.82) is 0 Å². The van der Waals surface area contributed by atoms with Crippen LogP contribution in [0, 0.1) is 16.7 Å². The molecule has 1 saturated heterocycles. The summed E-state index contributed by atoms with van der Waals surface area (Å²) < 4.78 is 36.9. The van der Waals surface area contributed by atoms with Crippen LogP contribution in [0.3, 0.4) is 0 Å². The number of nitrogens with one attached hydrogen (secondary N) is 2. The Kier molecular flexibility index (Phi) is 17.5. The lowest BCUT2D eigenvalue weighted by Crippen LogP contribution is -2.82. The molecule has 2 bridgehead atoms. The van der Waals surface area contributed by atoms with E-state index in [4.69, 9.17) is 33.5 Å². The molecule has 2 amide bonds. The second-order valence-corrected chi connectivity index (χ2v) is 20.9. The van der Waals surface area contributed by atoms with E-state index in [0.29, 0.717) is 18.4 Å². The lowest BCUT2D eigenvalue weighted by molar-refractivity contribution is -0.346. The van der Waals surface area contributed by atoms with Crippen LogP contribution in [-0.4, -0.2) is 130 Å². The summed E-state index contributed by atoms with van der Waals surface area (Å²) in [7, 11) is 0. The van der Waals surface area contributed by atoms with E-state index in [2.05, 4.69) is 10.6 Å². The maximum Gasteiger partial charge on any atom is 0.350 e. The summed E-state index contributed by atoms with van der Waals surface area (Å²) in [5.74, 6) is -9.59. The number of aliphatic hydroxyl groups excluding tert-OH is 1. The minimum absolute atomic E-state index is 0.0285. The molecule has 0 unspecified atom stereocenters. The molecule has 3 fully saturated rings. The fourth-order valence-corrected chi connectivity index (χ4v) is 11.6. The van der Waals surface area contributed by atoms with E-state index in [1.807, 2.05) is 0 Å². The zero-order chi connectivity index (χ0) is 56.0. The van der Waals surface area contributed by atoms with E-state index >= 15 is 9.59 Å². The highest BCUT2D eigenvalue weighted by molar-refractivity contribution is 5.96. The van der Waals surface area contributed by atoms with Crippen LogP contribution in [0.1, 0.15) is 125 Å². The largest absolute Gasteiger partial charge is 0.481 e. The van der Waals surface area contributed by atoms with Crippen LogP contribution in [0.25, 0.3) is 0 Å². The van der Waals surface area contributed by atoms with Gasteiger partial charge in [-0.05, 0) is 67.7 Å².